The number of carbonyl (C=O) groups is 3. The van der Waals surface area contributed by atoms with E-state index in [4.69, 9.17) is 4.74 Å². The number of benzene rings is 2. The Labute approximate surface area is 175 Å². The van der Waals surface area contributed by atoms with Gasteiger partial charge >= 0.3 is 6.03 Å². The molecule has 3 N–H and O–H groups in total. The minimum atomic E-state index is -1.22. The van der Waals surface area contributed by atoms with E-state index in [0.717, 1.165) is 10.6 Å². The van der Waals surface area contributed by atoms with Crippen molar-refractivity contribution in [3.8, 4) is 5.75 Å². The molecule has 1 aliphatic rings. The predicted molar refractivity (Wildman–Crippen MR) is 113 cm³/mol. The van der Waals surface area contributed by atoms with Gasteiger partial charge in [-0.25, -0.2) is 4.79 Å². The van der Waals surface area contributed by atoms with Gasteiger partial charge in [0.2, 0.25) is 5.91 Å². The zero-order valence-electron chi connectivity index (χ0n) is 17.1. The van der Waals surface area contributed by atoms with Crippen molar-refractivity contribution in [1.82, 2.24) is 15.5 Å². The van der Waals surface area contributed by atoms with Crippen molar-refractivity contribution in [2.24, 2.45) is 0 Å². The number of methoxy groups -OCH3 is 1. The monoisotopic (exact) mass is 410 g/mol. The molecule has 1 heterocycles. The predicted octanol–water partition coefficient (Wildman–Crippen LogP) is 2.08. The number of hydrogen-bond acceptors (Lipinski definition) is 5. The first-order chi connectivity index (χ1) is 14.4. The van der Waals surface area contributed by atoms with Gasteiger partial charge in [0.1, 0.15) is 17.8 Å². The van der Waals surface area contributed by atoms with Crippen LogP contribution in [0, 0.1) is 0 Å². The fraction of sp³-hybridized carbons (Fsp3) is 0.318. The lowest BCUT2D eigenvalue weighted by Gasteiger charge is -2.22. The van der Waals surface area contributed by atoms with Crippen molar-refractivity contribution in [3.05, 3.63) is 60.2 Å². The lowest BCUT2D eigenvalue weighted by Crippen LogP contribution is -2.43. The molecule has 0 aromatic heterocycles. The third-order valence-electron chi connectivity index (χ3n) is 5.02. The number of nitrogens with zero attached hydrogens (tertiary/aromatic N) is 1. The van der Waals surface area contributed by atoms with E-state index in [-0.39, 0.29) is 12.5 Å². The number of amides is 4. The molecule has 1 saturated heterocycles. The van der Waals surface area contributed by atoms with Crippen LogP contribution in [0.1, 0.15) is 18.9 Å². The topological polar surface area (TPSA) is 99.8 Å². The number of urea groups is 1. The quantitative estimate of drug-likeness (QED) is 0.434. The number of carbonyl (C=O) groups excluding carboxylic acids is 3. The second kappa shape index (κ2) is 9.30. The summed E-state index contributed by atoms with van der Waals surface area (Å²) < 4.78 is 5.13. The Morgan fingerprint density at radius 2 is 1.77 bits per heavy atom. The van der Waals surface area contributed by atoms with Gasteiger partial charge in [0.15, 0.2) is 0 Å². The number of nitrogens with one attached hydrogen (secondary N) is 3. The molecule has 1 atom stereocenters. The number of rotatable bonds is 9. The molecule has 0 aliphatic carbocycles. The van der Waals surface area contributed by atoms with Crippen LogP contribution in [0.25, 0.3) is 0 Å². The van der Waals surface area contributed by atoms with Gasteiger partial charge in [-0.1, -0.05) is 30.3 Å². The number of hydrogen-bond donors (Lipinski definition) is 3. The highest BCUT2D eigenvalue weighted by atomic mass is 16.5. The van der Waals surface area contributed by atoms with Crippen molar-refractivity contribution in [1.29, 1.82) is 0 Å². The number of ether oxygens (including phenoxy) is 1. The minimum Gasteiger partial charge on any atom is -0.497 e. The van der Waals surface area contributed by atoms with Gasteiger partial charge in [0, 0.05) is 18.8 Å². The molecule has 0 bridgehead atoms. The van der Waals surface area contributed by atoms with Crippen LogP contribution < -0.4 is 20.7 Å². The highest BCUT2D eigenvalue weighted by molar-refractivity contribution is 6.09. The Bertz CT molecular complexity index is 901. The molecular weight excluding hydrogens is 384 g/mol. The normalized spacial score (nSPS) is 18.1. The van der Waals surface area contributed by atoms with E-state index in [2.05, 4.69) is 16.0 Å². The smallest absolute Gasteiger partial charge is 0.325 e. The molecule has 4 amide bonds. The van der Waals surface area contributed by atoms with E-state index in [0.29, 0.717) is 30.8 Å². The van der Waals surface area contributed by atoms with Crippen molar-refractivity contribution in [2.75, 3.05) is 32.1 Å². The Balaban J connectivity index is 1.49. The highest BCUT2D eigenvalue weighted by Gasteiger charge is 2.49. The summed E-state index contributed by atoms with van der Waals surface area (Å²) >= 11 is 0. The van der Waals surface area contributed by atoms with Crippen LogP contribution in [0.3, 0.4) is 0 Å². The third-order valence-corrected chi connectivity index (χ3v) is 5.02. The van der Waals surface area contributed by atoms with Gasteiger partial charge in [-0.05, 0) is 43.2 Å². The van der Waals surface area contributed by atoms with Gasteiger partial charge in [0.25, 0.3) is 5.91 Å². The van der Waals surface area contributed by atoms with E-state index in [1.165, 1.54) is 0 Å². The first-order valence-electron chi connectivity index (χ1n) is 9.78. The summed E-state index contributed by atoms with van der Waals surface area (Å²) in [6.07, 6.45) is 0.713. The zero-order chi connectivity index (χ0) is 21.6. The second-order valence-electron chi connectivity index (χ2n) is 7.17. The molecule has 3 rings (SSSR count). The van der Waals surface area contributed by atoms with Gasteiger partial charge in [-0.3, -0.25) is 14.5 Å². The summed E-state index contributed by atoms with van der Waals surface area (Å²) in [4.78, 5) is 38.4. The van der Waals surface area contributed by atoms with Crippen LogP contribution in [-0.4, -0.2) is 49.5 Å². The molecule has 1 fully saturated rings. The summed E-state index contributed by atoms with van der Waals surface area (Å²) in [5, 5.41) is 8.69. The third kappa shape index (κ3) is 4.71. The van der Waals surface area contributed by atoms with Gasteiger partial charge in [0.05, 0.1) is 7.11 Å². The minimum absolute atomic E-state index is 0.317. The van der Waals surface area contributed by atoms with Crippen LogP contribution >= 0.6 is 0 Å². The van der Waals surface area contributed by atoms with Crippen LogP contribution in [0.4, 0.5) is 10.5 Å². The van der Waals surface area contributed by atoms with Crippen LogP contribution in [0.15, 0.2) is 54.6 Å². The highest BCUT2D eigenvalue weighted by Crippen LogP contribution is 2.29. The average Bonchev–Trinajstić information content (AvgIpc) is 2.98. The molecule has 8 heteroatoms. The average molecular weight is 410 g/mol. The maximum absolute atomic E-state index is 12.9. The molecular formula is C22H26N4O4. The summed E-state index contributed by atoms with van der Waals surface area (Å²) in [7, 11) is 1.55. The number of para-hydroxylation sites is 1. The van der Waals surface area contributed by atoms with Crippen LogP contribution in [-0.2, 0) is 15.1 Å². The first-order valence-corrected chi connectivity index (χ1v) is 9.78. The molecule has 0 radical (unpaired) electrons. The number of anilines is 1. The van der Waals surface area contributed by atoms with E-state index in [1.54, 1.807) is 38.3 Å². The van der Waals surface area contributed by atoms with Crippen molar-refractivity contribution >= 4 is 23.5 Å². The molecule has 0 spiro atoms. The summed E-state index contributed by atoms with van der Waals surface area (Å²) in [6, 6.07) is 16.1. The van der Waals surface area contributed by atoms with Gasteiger partial charge in [-0.2, -0.15) is 0 Å². The molecule has 30 heavy (non-hydrogen) atoms. The zero-order valence-corrected chi connectivity index (χ0v) is 17.1. The van der Waals surface area contributed by atoms with Crippen LogP contribution in [0.5, 0.6) is 5.75 Å². The van der Waals surface area contributed by atoms with Crippen molar-refractivity contribution < 1.29 is 19.1 Å². The lowest BCUT2D eigenvalue weighted by molar-refractivity contribution is -0.134. The summed E-state index contributed by atoms with van der Waals surface area (Å²) in [5.74, 6) is -0.187. The Morgan fingerprint density at radius 1 is 1.07 bits per heavy atom. The molecule has 1 unspecified atom stereocenters. The molecule has 2 aromatic rings. The summed E-state index contributed by atoms with van der Waals surface area (Å²) in [5.41, 5.74) is 0.418. The molecule has 8 nitrogen and oxygen atoms in total. The molecule has 158 valence electrons. The SMILES string of the molecule is COc1ccc(C2(C)NC(=O)N(CC(=O)NCCCNc3ccccc3)C2=O)cc1. The largest absolute Gasteiger partial charge is 0.497 e. The lowest BCUT2D eigenvalue weighted by atomic mass is 9.92. The van der Waals surface area contributed by atoms with E-state index < -0.39 is 17.5 Å². The second-order valence-corrected chi connectivity index (χ2v) is 7.17. The van der Waals surface area contributed by atoms with Crippen molar-refractivity contribution in [3.63, 3.8) is 0 Å². The summed E-state index contributed by atoms with van der Waals surface area (Å²) in [6.45, 7) is 2.45. The Morgan fingerprint density at radius 3 is 2.43 bits per heavy atom. The van der Waals surface area contributed by atoms with E-state index in [1.807, 2.05) is 30.3 Å². The first kappa shape index (κ1) is 21.2. The van der Waals surface area contributed by atoms with Gasteiger partial charge in [-0.15, -0.1) is 0 Å². The van der Waals surface area contributed by atoms with E-state index in [9.17, 15) is 14.4 Å². The molecule has 0 saturated carbocycles. The maximum atomic E-state index is 12.9. The van der Waals surface area contributed by atoms with E-state index >= 15 is 0 Å². The molecule has 2 aromatic carbocycles. The van der Waals surface area contributed by atoms with Gasteiger partial charge < -0.3 is 20.7 Å². The standard InChI is InChI=1S/C22H26N4O4/c1-22(16-9-11-18(30-2)12-10-16)20(28)26(21(29)25-22)15-19(27)24-14-6-13-23-17-7-4-3-5-8-17/h3-5,7-12,23H,6,13-15H2,1-2H3,(H,24,27)(H,25,29). The maximum Gasteiger partial charge on any atom is 0.325 e. The molecule has 1 aliphatic heterocycles. The fourth-order valence-corrected chi connectivity index (χ4v) is 3.26. The fourth-order valence-electron chi connectivity index (χ4n) is 3.26. The number of imide groups is 1. The Hall–Kier alpha value is -3.55. The van der Waals surface area contributed by atoms with Crippen LogP contribution in [0.2, 0.25) is 0 Å². The Kier molecular flexibility index (Phi) is 6.56. The van der Waals surface area contributed by atoms with Crippen molar-refractivity contribution in [2.45, 2.75) is 18.9 Å².